The number of aliphatic carboxylic acids is 1. The van der Waals surface area contributed by atoms with E-state index in [0.29, 0.717) is 13.2 Å². The summed E-state index contributed by atoms with van der Waals surface area (Å²) in [6, 6.07) is 0. The molecule has 6 nitrogen and oxygen atoms in total. The molecule has 6 heteroatoms. The molecule has 0 aliphatic carbocycles. The highest BCUT2D eigenvalue weighted by atomic mass is 16.5. The second-order valence-electron chi connectivity index (χ2n) is 2.81. The van der Waals surface area contributed by atoms with Gasteiger partial charge in [-0.2, -0.15) is 0 Å². The Labute approximate surface area is 82.8 Å². The van der Waals surface area contributed by atoms with Crippen LogP contribution in [0.2, 0.25) is 0 Å². The van der Waals surface area contributed by atoms with E-state index < -0.39 is 5.97 Å². The normalized spacial score (nSPS) is 9.86. The average molecular weight is 204 g/mol. The predicted octanol–water partition coefficient (Wildman–Crippen LogP) is -1.23. The number of carboxylic acids is 1. The lowest BCUT2D eigenvalue weighted by Crippen LogP contribution is -2.39. The molecule has 0 aliphatic rings. The second kappa shape index (κ2) is 7.28. The first-order valence-corrected chi connectivity index (χ1v) is 4.23. The minimum absolute atomic E-state index is 0.132. The first-order chi connectivity index (χ1) is 6.57. The van der Waals surface area contributed by atoms with Crippen molar-refractivity contribution in [2.75, 3.05) is 40.4 Å². The van der Waals surface area contributed by atoms with E-state index in [1.807, 2.05) is 0 Å². The van der Waals surface area contributed by atoms with Crippen LogP contribution in [0.4, 0.5) is 0 Å². The van der Waals surface area contributed by atoms with Crippen molar-refractivity contribution in [3.63, 3.8) is 0 Å². The van der Waals surface area contributed by atoms with Gasteiger partial charge in [0, 0.05) is 20.7 Å². The van der Waals surface area contributed by atoms with E-state index in [1.165, 1.54) is 7.05 Å². The van der Waals surface area contributed by atoms with Gasteiger partial charge in [-0.15, -0.1) is 0 Å². The number of nitrogens with one attached hydrogen (secondary N) is 1. The summed E-state index contributed by atoms with van der Waals surface area (Å²) in [5.41, 5.74) is 0. The maximum absolute atomic E-state index is 11.2. The first-order valence-electron chi connectivity index (χ1n) is 4.23. The summed E-state index contributed by atoms with van der Waals surface area (Å²) >= 11 is 0. The molecule has 0 rings (SSSR count). The summed E-state index contributed by atoms with van der Waals surface area (Å²) in [5, 5.41) is 11.2. The molecule has 0 aromatic heterocycles. The number of carbonyl (C=O) groups is 2. The quantitative estimate of drug-likeness (QED) is 0.507. The van der Waals surface area contributed by atoms with Crippen molar-refractivity contribution in [1.82, 2.24) is 10.2 Å². The van der Waals surface area contributed by atoms with Crippen molar-refractivity contribution in [2.24, 2.45) is 0 Å². The van der Waals surface area contributed by atoms with E-state index in [-0.39, 0.29) is 19.0 Å². The number of ether oxygens (including phenoxy) is 1. The van der Waals surface area contributed by atoms with Gasteiger partial charge in [0.25, 0.3) is 0 Å². The Balaban J connectivity index is 3.57. The van der Waals surface area contributed by atoms with Crippen LogP contribution in [0, 0.1) is 0 Å². The van der Waals surface area contributed by atoms with E-state index in [0.717, 1.165) is 4.90 Å². The fraction of sp³-hybridized carbons (Fsp3) is 0.750. The molecule has 0 radical (unpaired) electrons. The molecule has 0 saturated carbocycles. The summed E-state index contributed by atoms with van der Waals surface area (Å²) in [7, 11) is 3.02. The number of carbonyl (C=O) groups excluding carboxylic acids is 1. The van der Waals surface area contributed by atoms with Crippen molar-refractivity contribution >= 4 is 11.9 Å². The maximum Gasteiger partial charge on any atom is 0.323 e. The minimum Gasteiger partial charge on any atom is -0.480 e. The Kier molecular flexibility index (Phi) is 6.69. The summed E-state index contributed by atoms with van der Waals surface area (Å²) < 4.78 is 4.77. The molecular formula is C8H16N2O4. The zero-order valence-electron chi connectivity index (χ0n) is 8.45. The molecule has 0 spiro atoms. The monoisotopic (exact) mass is 204 g/mol. The van der Waals surface area contributed by atoms with E-state index in [2.05, 4.69) is 5.32 Å². The van der Waals surface area contributed by atoms with Gasteiger partial charge in [0.15, 0.2) is 0 Å². The fourth-order valence-electron chi connectivity index (χ4n) is 0.796. The summed E-state index contributed by atoms with van der Waals surface area (Å²) in [6.45, 7) is 0.955. The Morgan fingerprint density at radius 3 is 2.64 bits per heavy atom. The molecule has 0 heterocycles. The minimum atomic E-state index is -1.02. The zero-order valence-corrected chi connectivity index (χ0v) is 8.45. The first kappa shape index (κ1) is 12.9. The van der Waals surface area contributed by atoms with Gasteiger partial charge in [0.1, 0.15) is 6.54 Å². The van der Waals surface area contributed by atoms with Crippen LogP contribution in [-0.2, 0) is 14.3 Å². The molecular weight excluding hydrogens is 188 g/mol. The maximum atomic E-state index is 11.2. The highest BCUT2D eigenvalue weighted by Gasteiger charge is 2.10. The number of methoxy groups -OCH3 is 1. The molecule has 0 unspecified atom stereocenters. The molecule has 82 valence electrons. The highest BCUT2D eigenvalue weighted by molar-refractivity contribution is 5.82. The number of amides is 1. The Hall–Kier alpha value is -1.14. The summed E-state index contributed by atoms with van der Waals surface area (Å²) in [5.74, 6) is -1.26. The van der Waals surface area contributed by atoms with Crippen LogP contribution in [0.3, 0.4) is 0 Å². The Morgan fingerprint density at radius 1 is 1.50 bits per heavy atom. The second-order valence-corrected chi connectivity index (χ2v) is 2.81. The SMILES string of the molecule is COCCNCC(=O)N(C)CC(=O)O. The number of nitrogens with zero attached hydrogens (tertiary/aromatic N) is 1. The van der Waals surface area contributed by atoms with Crippen molar-refractivity contribution in [1.29, 1.82) is 0 Å². The smallest absolute Gasteiger partial charge is 0.323 e. The Morgan fingerprint density at radius 2 is 2.14 bits per heavy atom. The van der Waals surface area contributed by atoms with E-state index in [1.54, 1.807) is 7.11 Å². The van der Waals surface area contributed by atoms with Crippen molar-refractivity contribution in [3.05, 3.63) is 0 Å². The third-order valence-electron chi connectivity index (χ3n) is 1.56. The molecule has 0 aromatic rings. The largest absolute Gasteiger partial charge is 0.480 e. The lowest BCUT2D eigenvalue weighted by molar-refractivity contribution is -0.143. The lowest BCUT2D eigenvalue weighted by atomic mass is 10.4. The van der Waals surface area contributed by atoms with Gasteiger partial charge in [-0.3, -0.25) is 9.59 Å². The van der Waals surface area contributed by atoms with Crippen molar-refractivity contribution in [2.45, 2.75) is 0 Å². The summed E-state index contributed by atoms with van der Waals surface area (Å²) in [6.07, 6.45) is 0. The highest BCUT2D eigenvalue weighted by Crippen LogP contribution is 1.83. The molecule has 0 saturated heterocycles. The van der Waals surface area contributed by atoms with Crippen molar-refractivity contribution in [3.8, 4) is 0 Å². The van der Waals surface area contributed by atoms with Crippen LogP contribution >= 0.6 is 0 Å². The number of hydrogen-bond donors (Lipinski definition) is 2. The van der Waals surface area contributed by atoms with Crippen molar-refractivity contribution < 1.29 is 19.4 Å². The lowest BCUT2D eigenvalue weighted by Gasteiger charge is -2.14. The Bertz CT molecular complexity index is 196. The summed E-state index contributed by atoms with van der Waals surface area (Å²) in [4.78, 5) is 22.6. The van der Waals surface area contributed by atoms with Crippen LogP contribution in [0.1, 0.15) is 0 Å². The van der Waals surface area contributed by atoms with E-state index in [9.17, 15) is 9.59 Å². The van der Waals surface area contributed by atoms with Crippen LogP contribution < -0.4 is 5.32 Å². The molecule has 1 amide bonds. The van der Waals surface area contributed by atoms with E-state index in [4.69, 9.17) is 9.84 Å². The van der Waals surface area contributed by atoms with Crippen LogP contribution in [-0.4, -0.2) is 62.3 Å². The van der Waals surface area contributed by atoms with Crippen LogP contribution in [0.25, 0.3) is 0 Å². The molecule has 0 aliphatic heterocycles. The third-order valence-corrected chi connectivity index (χ3v) is 1.56. The van der Waals surface area contributed by atoms with Crippen LogP contribution in [0.5, 0.6) is 0 Å². The number of carboxylic acid groups (broad SMARTS) is 1. The van der Waals surface area contributed by atoms with Gasteiger partial charge in [0.2, 0.25) is 5.91 Å². The van der Waals surface area contributed by atoms with Gasteiger partial charge in [-0.25, -0.2) is 0 Å². The molecule has 14 heavy (non-hydrogen) atoms. The average Bonchev–Trinajstić information content (AvgIpc) is 2.11. The van der Waals surface area contributed by atoms with Gasteiger partial charge in [-0.1, -0.05) is 0 Å². The van der Waals surface area contributed by atoms with Gasteiger partial charge in [-0.05, 0) is 0 Å². The number of likely N-dealkylation sites (N-methyl/N-ethyl adjacent to an activating group) is 1. The molecule has 0 aromatic carbocycles. The van der Waals surface area contributed by atoms with E-state index >= 15 is 0 Å². The zero-order chi connectivity index (χ0) is 11.0. The topological polar surface area (TPSA) is 78.9 Å². The van der Waals surface area contributed by atoms with Gasteiger partial charge >= 0.3 is 5.97 Å². The van der Waals surface area contributed by atoms with Crippen LogP contribution in [0.15, 0.2) is 0 Å². The molecule has 2 N–H and O–H groups in total. The standard InChI is InChI=1S/C8H16N2O4/c1-10(6-8(12)13)7(11)5-9-3-4-14-2/h9H,3-6H2,1-2H3,(H,12,13). The number of hydrogen-bond acceptors (Lipinski definition) is 4. The molecule has 0 bridgehead atoms. The fourth-order valence-corrected chi connectivity index (χ4v) is 0.796. The van der Waals surface area contributed by atoms with Gasteiger partial charge in [0.05, 0.1) is 13.2 Å². The third kappa shape index (κ3) is 6.38. The number of rotatable bonds is 7. The molecule has 0 atom stereocenters. The molecule has 0 fully saturated rings. The van der Waals surface area contributed by atoms with Gasteiger partial charge < -0.3 is 20.1 Å². The predicted molar refractivity (Wildman–Crippen MR) is 50.0 cm³/mol.